The largest absolute Gasteiger partial charge is 0.377 e. The van der Waals surface area contributed by atoms with Crippen LogP contribution >= 0.6 is 15.9 Å². The zero-order valence-corrected chi connectivity index (χ0v) is 14.0. The Morgan fingerprint density at radius 1 is 1.37 bits per heavy atom. The van der Waals surface area contributed by atoms with Crippen LogP contribution in [0.1, 0.15) is 26.3 Å². The molecule has 0 fully saturated rings. The molecule has 1 aromatic carbocycles. The van der Waals surface area contributed by atoms with Crippen LogP contribution in [0.3, 0.4) is 0 Å². The van der Waals surface area contributed by atoms with E-state index in [9.17, 15) is 0 Å². The Balaban J connectivity index is 2.57. The first-order valence-electron chi connectivity index (χ1n) is 6.86. The molecule has 0 heterocycles. The average molecular weight is 329 g/mol. The maximum Gasteiger partial charge on any atom is 0.0644 e. The summed E-state index contributed by atoms with van der Waals surface area (Å²) in [7, 11) is 2.09. The van der Waals surface area contributed by atoms with Crippen molar-refractivity contribution in [1.29, 1.82) is 0 Å². The molecule has 0 unspecified atom stereocenters. The molecule has 0 aliphatic rings. The van der Waals surface area contributed by atoms with Crippen molar-refractivity contribution in [3.63, 3.8) is 0 Å². The van der Waals surface area contributed by atoms with Gasteiger partial charge >= 0.3 is 0 Å². The van der Waals surface area contributed by atoms with Gasteiger partial charge in [-0.15, -0.1) is 0 Å². The van der Waals surface area contributed by atoms with Gasteiger partial charge in [0.05, 0.1) is 18.4 Å². The third-order valence-corrected chi connectivity index (χ3v) is 3.52. The number of likely N-dealkylation sites (N-methyl/N-ethyl adjacent to an activating group) is 1. The Hall–Kier alpha value is -0.580. The molecule has 0 aliphatic heterocycles. The van der Waals surface area contributed by atoms with Crippen LogP contribution < -0.4 is 10.2 Å². The van der Waals surface area contributed by atoms with Gasteiger partial charge in [-0.25, -0.2) is 0 Å². The highest BCUT2D eigenvalue weighted by atomic mass is 79.9. The van der Waals surface area contributed by atoms with Crippen LogP contribution in [0, 0.1) is 0 Å². The third-order valence-electron chi connectivity index (χ3n) is 2.88. The van der Waals surface area contributed by atoms with Gasteiger partial charge in [-0.1, -0.05) is 13.0 Å². The normalized spacial score (nSPS) is 11.1. The van der Waals surface area contributed by atoms with Gasteiger partial charge < -0.3 is 15.0 Å². The molecule has 0 amide bonds. The summed E-state index contributed by atoms with van der Waals surface area (Å²) in [4.78, 5) is 2.21. The lowest BCUT2D eigenvalue weighted by molar-refractivity contribution is 0.0846. The average Bonchev–Trinajstić information content (AvgIpc) is 2.35. The van der Waals surface area contributed by atoms with Crippen molar-refractivity contribution >= 4 is 21.6 Å². The number of nitrogens with zero attached hydrogens (tertiary/aromatic N) is 1. The first kappa shape index (κ1) is 16.5. The Morgan fingerprint density at radius 3 is 2.68 bits per heavy atom. The van der Waals surface area contributed by atoms with E-state index >= 15 is 0 Å². The second-order valence-corrected chi connectivity index (χ2v) is 5.76. The fourth-order valence-corrected chi connectivity index (χ4v) is 2.51. The fraction of sp³-hybridized carbons (Fsp3) is 0.600. The van der Waals surface area contributed by atoms with Gasteiger partial charge in [-0.3, -0.25) is 0 Å². The van der Waals surface area contributed by atoms with Gasteiger partial charge in [0.2, 0.25) is 0 Å². The summed E-state index contributed by atoms with van der Waals surface area (Å²) in [5.74, 6) is 0. The molecule has 0 bridgehead atoms. The summed E-state index contributed by atoms with van der Waals surface area (Å²) in [6.45, 7) is 9.78. The van der Waals surface area contributed by atoms with Crippen molar-refractivity contribution in [2.24, 2.45) is 0 Å². The van der Waals surface area contributed by atoms with Crippen molar-refractivity contribution < 1.29 is 4.74 Å². The van der Waals surface area contributed by atoms with E-state index in [1.165, 1.54) is 11.3 Å². The minimum atomic E-state index is 0.291. The number of hydrogen-bond acceptors (Lipinski definition) is 3. The number of benzene rings is 1. The minimum absolute atomic E-state index is 0.291. The number of nitrogens with one attached hydrogen (secondary N) is 1. The van der Waals surface area contributed by atoms with Crippen molar-refractivity contribution in [1.82, 2.24) is 5.32 Å². The molecule has 0 aromatic heterocycles. The lowest BCUT2D eigenvalue weighted by Gasteiger charge is -2.22. The Bertz CT molecular complexity index is 382. The van der Waals surface area contributed by atoms with Crippen LogP contribution in [0.25, 0.3) is 0 Å². The Morgan fingerprint density at radius 2 is 2.11 bits per heavy atom. The van der Waals surface area contributed by atoms with E-state index in [-0.39, 0.29) is 0 Å². The molecule has 0 aliphatic carbocycles. The molecule has 1 rings (SSSR count). The van der Waals surface area contributed by atoms with Gasteiger partial charge in [-0.05, 0) is 54.0 Å². The standard InChI is InChI=1S/C15H25BrN2O/c1-5-17-11-13-6-7-15(14(16)10-13)18(4)8-9-19-12(2)3/h6-7,10,12,17H,5,8-9,11H2,1-4H3. The Labute approximate surface area is 125 Å². The van der Waals surface area contributed by atoms with E-state index in [0.717, 1.165) is 30.7 Å². The van der Waals surface area contributed by atoms with Crippen molar-refractivity contribution in [2.45, 2.75) is 33.4 Å². The summed E-state index contributed by atoms with van der Waals surface area (Å²) in [5, 5.41) is 3.33. The zero-order valence-electron chi connectivity index (χ0n) is 12.4. The molecule has 0 saturated carbocycles. The van der Waals surface area contributed by atoms with Crippen molar-refractivity contribution in [3.8, 4) is 0 Å². The summed E-state index contributed by atoms with van der Waals surface area (Å²) in [6.07, 6.45) is 0.291. The quantitative estimate of drug-likeness (QED) is 0.791. The highest BCUT2D eigenvalue weighted by Crippen LogP contribution is 2.26. The van der Waals surface area contributed by atoms with E-state index in [1.54, 1.807) is 0 Å². The molecule has 1 N–H and O–H groups in total. The summed E-state index contributed by atoms with van der Waals surface area (Å²) >= 11 is 3.65. The predicted octanol–water partition coefficient (Wildman–Crippen LogP) is 3.42. The molecular weight excluding hydrogens is 304 g/mol. The molecule has 19 heavy (non-hydrogen) atoms. The number of ether oxygens (including phenoxy) is 1. The molecule has 0 spiro atoms. The maximum absolute atomic E-state index is 5.58. The summed E-state index contributed by atoms with van der Waals surface area (Å²) in [6, 6.07) is 6.51. The second-order valence-electron chi connectivity index (χ2n) is 4.91. The van der Waals surface area contributed by atoms with Crippen LogP contribution in [0.5, 0.6) is 0 Å². The molecule has 1 aromatic rings. The van der Waals surface area contributed by atoms with Crippen LogP contribution in [0.2, 0.25) is 0 Å². The smallest absolute Gasteiger partial charge is 0.0644 e. The molecular formula is C15H25BrN2O. The lowest BCUT2D eigenvalue weighted by atomic mass is 10.2. The highest BCUT2D eigenvalue weighted by molar-refractivity contribution is 9.10. The fourth-order valence-electron chi connectivity index (χ4n) is 1.79. The minimum Gasteiger partial charge on any atom is -0.377 e. The molecule has 0 radical (unpaired) electrons. The molecule has 0 saturated heterocycles. The number of anilines is 1. The summed E-state index contributed by atoms with van der Waals surface area (Å²) in [5.41, 5.74) is 2.50. The number of hydrogen-bond donors (Lipinski definition) is 1. The highest BCUT2D eigenvalue weighted by Gasteiger charge is 2.07. The lowest BCUT2D eigenvalue weighted by Crippen LogP contribution is -2.24. The van der Waals surface area contributed by atoms with E-state index in [1.807, 2.05) is 0 Å². The second kappa shape index (κ2) is 8.56. The van der Waals surface area contributed by atoms with Gasteiger partial charge in [0, 0.05) is 24.6 Å². The topological polar surface area (TPSA) is 24.5 Å². The monoisotopic (exact) mass is 328 g/mol. The van der Waals surface area contributed by atoms with Gasteiger partial charge in [0.15, 0.2) is 0 Å². The number of halogens is 1. The third kappa shape index (κ3) is 5.93. The zero-order chi connectivity index (χ0) is 14.3. The summed E-state index contributed by atoms with van der Waals surface area (Å²) < 4.78 is 6.72. The number of rotatable bonds is 8. The van der Waals surface area contributed by atoms with Crippen LogP contribution in [0.4, 0.5) is 5.69 Å². The van der Waals surface area contributed by atoms with Crippen molar-refractivity contribution in [3.05, 3.63) is 28.2 Å². The first-order chi connectivity index (χ1) is 9.04. The molecule has 4 heteroatoms. The molecule has 108 valence electrons. The van der Waals surface area contributed by atoms with Crippen LogP contribution in [-0.4, -0.2) is 32.8 Å². The van der Waals surface area contributed by atoms with Gasteiger partial charge in [0.25, 0.3) is 0 Å². The van der Waals surface area contributed by atoms with E-state index in [2.05, 4.69) is 72.2 Å². The molecule has 3 nitrogen and oxygen atoms in total. The van der Waals surface area contributed by atoms with Crippen LogP contribution in [-0.2, 0) is 11.3 Å². The van der Waals surface area contributed by atoms with E-state index in [4.69, 9.17) is 4.74 Å². The van der Waals surface area contributed by atoms with E-state index in [0.29, 0.717) is 6.10 Å². The molecule has 0 atom stereocenters. The first-order valence-corrected chi connectivity index (χ1v) is 7.65. The van der Waals surface area contributed by atoms with E-state index < -0.39 is 0 Å². The SMILES string of the molecule is CCNCc1ccc(N(C)CCOC(C)C)c(Br)c1. The van der Waals surface area contributed by atoms with Gasteiger partial charge in [-0.2, -0.15) is 0 Å². The van der Waals surface area contributed by atoms with Crippen LogP contribution in [0.15, 0.2) is 22.7 Å². The van der Waals surface area contributed by atoms with Crippen molar-refractivity contribution in [2.75, 3.05) is 31.6 Å². The van der Waals surface area contributed by atoms with Gasteiger partial charge in [0.1, 0.15) is 0 Å². The predicted molar refractivity (Wildman–Crippen MR) is 85.9 cm³/mol. The Kier molecular flexibility index (Phi) is 7.42. The maximum atomic E-state index is 5.58.